The number of ether oxygens (including phenoxy) is 1. The Morgan fingerprint density at radius 2 is 2.38 bits per heavy atom. The lowest BCUT2D eigenvalue weighted by Gasteiger charge is -2.24. The Morgan fingerprint density at radius 1 is 1.56 bits per heavy atom. The largest absolute Gasteiger partial charge is 0.397 e. The van der Waals surface area contributed by atoms with Gasteiger partial charge in [-0.05, 0) is 31.0 Å². The number of nitrogens with zero attached hydrogens (tertiary/aromatic N) is 1. The van der Waals surface area contributed by atoms with Gasteiger partial charge < -0.3 is 15.4 Å². The van der Waals surface area contributed by atoms with Crippen molar-refractivity contribution in [2.45, 2.75) is 18.9 Å². The van der Waals surface area contributed by atoms with Gasteiger partial charge in [0.1, 0.15) is 0 Å². The molecule has 1 atom stereocenters. The molecule has 1 aliphatic rings. The lowest BCUT2D eigenvalue weighted by atomic mass is 10.2. The van der Waals surface area contributed by atoms with Crippen LogP contribution in [0.25, 0.3) is 0 Å². The zero-order chi connectivity index (χ0) is 11.5. The molecule has 0 aliphatic carbocycles. The predicted octanol–water partition coefficient (Wildman–Crippen LogP) is 2.54. The van der Waals surface area contributed by atoms with Crippen LogP contribution in [0.15, 0.2) is 18.2 Å². The summed E-state index contributed by atoms with van der Waals surface area (Å²) < 4.78 is 5.60. The first-order chi connectivity index (χ1) is 7.66. The zero-order valence-corrected chi connectivity index (χ0v) is 10.2. The highest BCUT2D eigenvalue weighted by molar-refractivity contribution is 6.31. The summed E-state index contributed by atoms with van der Waals surface area (Å²) in [6.45, 7) is 1.76. The van der Waals surface area contributed by atoms with Crippen LogP contribution in [0.5, 0.6) is 0 Å². The molecular weight excluding hydrogens is 224 g/mol. The fraction of sp³-hybridized carbons (Fsp3) is 0.500. The number of likely N-dealkylation sites (N-methyl/N-ethyl adjacent to an activating group) is 1. The van der Waals surface area contributed by atoms with Gasteiger partial charge in [-0.1, -0.05) is 11.6 Å². The van der Waals surface area contributed by atoms with E-state index in [1.807, 2.05) is 19.2 Å². The van der Waals surface area contributed by atoms with Gasteiger partial charge in [0.2, 0.25) is 0 Å². The van der Waals surface area contributed by atoms with Gasteiger partial charge in [-0.2, -0.15) is 0 Å². The van der Waals surface area contributed by atoms with Crippen LogP contribution in [0, 0.1) is 0 Å². The number of benzene rings is 1. The van der Waals surface area contributed by atoms with Gasteiger partial charge in [0.05, 0.1) is 17.5 Å². The van der Waals surface area contributed by atoms with Crippen molar-refractivity contribution in [1.82, 2.24) is 0 Å². The first-order valence-electron chi connectivity index (χ1n) is 5.54. The molecule has 3 nitrogen and oxygen atoms in total. The van der Waals surface area contributed by atoms with Crippen LogP contribution in [0.1, 0.15) is 12.8 Å². The molecule has 0 aromatic heterocycles. The Kier molecular flexibility index (Phi) is 3.56. The molecule has 0 bridgehead atoms. The highest BCUT2D eigenvalue weighted by Gasteiger charge is 2.18. The molecule has 1 heterocycles. The number of nitrogen functional groups attached to an aromatic ring is 1. The lowest BCUT2D eigenvalue weighted by molar-refractivity contribution is 0.116. The van der Waals surface area contributed by atoms with E-state index in [-0.39, 0.29) is 0 Å². The molecule has 4 heteroatoms. The van der Waals surface area contributed by atoms with Crippen molar-refractivity contribution >= 4 is 23.0 Å². The Balaban J connectivity index is 2.04. The van der Waals surface area contributed by atoms with Crippen LogP contribution in [0.2, 0.25) is 5.02 Å². The number of halogens is 1. The van der Waals surface area contributed by atoms with Crippen LogP contribution in [0.4, 0.5) is 11.4 Å². The van der Waals surface area contributed by atoms with Gasteiger partial charge in [0.25, 0.3) is 0 Å². The molecule has 0 radical (unpaired) electrons. The fourth-order valence-electron chi connectivity index (χ4n) is 2.07. The van der Waals surface area contributed by atoms with Gasteiger partial charge in [-0.15, -0.1) is 0 Å². The molecule has 1 aromatic rings. The molecule has 2 N–H and O–H groups in total. The molecule has 0 spiro atoms. The molecule has 1 fully saturated rings. The highest BCUT2D eigenvalue weighted by Crippen LogP contribution is 2.26. The fourth-order valence-corrected chi connectivity index (χ4v) is 2.25. The number of rotatable bonds is 3. The minimum atomic E-state index is 0.333. The third kappa shape index (κ3) is 2.60. The van der Waals surface area contributed by atoms with Crippen molar-refractivity contribution < 1.29 is 4.74 Å². The normalized spacial score (nSPS) is 20.0. The number of hydrogen-bond donors (Lipinski definition) is 1. The maximum absolute atomic E-state index is 5.93. The Hall–Kier alpha value is -0.930. The molecule has 1 aromatic carbocycles. The maximum atomic E-state index is 5.93. The summed E-state index contributed by atoms with van der Waals surface area (Å²) in [5, 5.41) is 0.673. The summed E-state index contributed by atoms with van der Waals surface area (Å²) in [5.41, 5.74) is 7.66. The summed E-state index contributed by atoms with van der Waals surface area (Å²) in [4.78, 5) is 2.13. The van der Waals surface area contributed by atoms with E-state index in [0.717, 1.165) is 31.7 Å². The maximum Gasteiger partial charge on any atom is 0.0750 e. The van der Waals surface area contributed by atoms with Gasteiger partial charge in [-0.3, -0.25) is 0 Å². The summed E-state index contributed by atoms with van der Waals surface area (Å²) in [7, 11) is 2.03. The van der Waals surface area contributed by atoms with Gasteiger partial charge in [-0.25, -0.2) is 0 Å². The third-order valence-electron chi connectivity index (χ3n) is 2.90. The molecular formula is C12H17ClN2O. The van der Waals surface area contributed by atoms with Crippen molar-refractivity contribution in [3.05, 3.63) is 23.2 Å². The molecule has 1 aliphatic heterocycles. The Bertz CT molecular complexity index is 364. The SMILES string of the molecule is CN(CC1CCCO1)c1ccc(Cl)cc1N. The van der Waals surface area contributed by atoms with E-state index in [9.17, 15) is 0 Å². The number of anilines is 2. The Morgan fingerprint density at radius 3 is 3.00 bits per heavy atom. The molecule has 88 valence electrons. The molecule has 2 rings (SSSR count). The summed E-state index contributed by atoms with van der Waals surface area (Å²) in [6, 6.07) is 5.59. The van der Waals surface area contributed by atoms with E-state index in [1.54, 1.807) is 6.07 Å². The second-order valence-corrected chi connectivity index (χ2v) is 4.66. The number of hydrogen-bond acceptors (Lipinski definition) is 3. The first kappa shape index (κ1) is 11.6. The Labute approximate surface area is 101 Å². The van der Waals surface area contributed by atoms with Gasteiger partial charge in [0.15, 0.2) is 0 Å². The smallest absolute Gasteiger partial charge is 0.0750 e. The molecule has 0 amide bonds. The predicted molar refractivity (Wildman–Crippen MR) is 68.1 cm³/mol. The van der Waals surface area contributed by atoms with Gasteiger partial charge in [0, 0.05) is 25.2 Å². The first-order valence-corrected chi connectivity index (χ1v) is 5.92. The topological polar surface area (TPSA) is 38.5 Å². The summed E-state index contributed by atoms with van der Waals surface area (Å²) in [5.74, 6) is 0. The van der Waals surface area contributed by atoms with Crippen molar-refractivity contribution in [2.24, 2.45) is 0 Å². The third-order valence-corrected chi connectivity index (χ3v) is 3.14. The second kappa shape index (κ2) is 4.93. The quantitative estimate of drug-likeness (QED) is 0.826. The zero-order valence-electron chi connectivity index (χ0n) is 9.45. The average Bonchev–Trinajstić information content (AvgIpc) is 2.70. The van der Waals surface area contributed by atoms with E-state index in [1.165, 1.54) is 0 Å². The van der Waals surface area contributed by atoms with E-state index in [0.29, 0.717) is 16.8 Å². The van der Waals surface area contributed by atoms with Crippen LogP contribution in [0.3, 0.4) is 0 Å². The lowest BCUT2D eigenvalue weighted by Crippen LogP contribution is -2.29. The van der Waals surface area contributed by atoms with Crippen LogP contribution >= 0.6 is 11.6 Å². The van der Waals surface area contributed by atoms with Crippen LogP contribution in [-0.4, -0.2) is 26.3 Å². The minimum absolute atomic E-state index is 0.333. The summed E-state index contributed by atoms with van der Waals surface area (Å²) >= 11 is 5.87. The minimum Gasteiger partial charge on any atom is -0.397 e. The summed E-state index contributed by atoms with van der Waals surface area (Å²) in [6.07, 6.45) is 2.63. The van der Waals surface area contributed by atoms with E-state index >= 15 is 0 Å². The van der Waals surface area contributed by atoms with E-state index < -0.39 is 0 Å². The van der Waals surface area contributed by atoms with Crippen LogP contribution in [-0.2, 0) is 4.74 Å². The van der Waals surface area contributed by atoms with Crippen molar-refractivity contribution in [1.29, 1.82) is 0 Å². The molecule has 16 heavy (non-hydrogen) atoms. The monoisotopic (exact) mass is 240 g/mol. The van der Waals surface area contributed by atoms with Crippen molar-refractivity contribution in [3.63, 3.8) is 0 Å². The average molecular weight is 241 g/mol. The molecule has 0 saturated carbocycles. The second-order valence-electron chi connectivity index (χ2n) is 4.22. The van der Waals surface area contributed by atoms with E-state index in [4.69, 9.17) is 22.1 Å². The molecule has 1 saturated heterocycles. The highest BCUT2D eigenvalue weighted by atomic mass is 35.5. The number of nitrogens with two attached hydrogens (primary N) is 1. The van der Waals surface area contributed by atoms with Crippen molar-refractivity contribution in [2.75, 3.05) is 30.8 Å². The van der Waals surface area contributed by atoms with Crippen molar-refractivity contribution in [3.8, 4) is 0 Å². The van der Waals surface area contributed by atoms with Gasteiger partial charge >= 0.3 is 0 Å². The van der Waals surface area contributed by atoms with E-state index in [2.05, 4.69) is 4.90 Å². The standard InChI is InChI=1S/C12H17ClN2O/c1-15(8-10-3-2-6-16-10)12-5-4-9(13)7-11(12)14/h4-5,7,10H,2-3,6,8,14H2,1H3. The van der Waals surface area contributed by atoms with Crippen LogP contribution < -0.4 is 10.6 Å². The molecule has 1 unspecified atom stereocenters.